The lowest BCUT2D eigenvalue weighted by atomic mass is 9.81. The molecule has 0 fully saturated rings. The average molecular weight is 293 g/mol. The van der Waals surface area contributed by atoms with Crippen molar-refractivity contribution in [3.05, 3.63) is 29.8 Å². The maximum atomic E-state index is 11.6. The lowest BCUT2D eigenvalue weighted by Gasteiger charge is -2.36. The van der Waals surface area contributed by atoms with Gasteiger partial charge in [0.15, 0.2) is 5.44 Å². The van der Waals surface area contributed by atoms with Crippen LogP contribution in [0.5, 0.6) is 5.75 Å². The summed E-state index contributed by atoms with van der Waals surface area (Å²) in [7, 11) is 0. The molecule has 0 saturated carbocycles. The molecule has 0 aromatic heterocycles. The van der Waals surface area contributed by atoms with Crippen molar-refractivity contribution in [2.45, 2.75) is 12.4 Å². The summed E-state index contributed by atoms with van der Waals surface area (Å²) in [6.45, 7) is 1.88. The Morgan fingerprint density at radius 3 is 2.89 bits per heavy atom. The Bertz CT molecular complexity index is 581. The van der Waals surface area contributed by atoms with Crippen molar-refractivity contribution >= 4 is 34.8 Å². The molecule has 2 rings (SSSR count). The minimum Gasteiger partial charge on any atom is -0.480 e. The summed E-state index contributed by atoms with van der Waals surface area (Å²) in [5.74, 6) is -0.0994. The Balaban J connectivity index is 2.62. The number of aliphatic carboxylic acids is 1. The van der Waals surface area contributed by atoms with Crippen LogP contribution < -0.4 is 4.74 Å². The van der Waals surface area contributed by atoms with Gasteiger partial charge in [-0.2, -0.15) is 5.26 Å². The summed E-state index contributed by atoms with van der Waals surface area (Å²) >= 11 is 6.53. The van der Waals surface area contributed by atoms with Gasteiger partial charge in [-0.25, -0.2) is 4.79 Å². The van der Waals surface area contributed by atoms with Crippen LogP contribution in [0.15, 0.2) is 24.3 Å². The van der Waals surface area contributed by atoms with Crippen molar-refractivity contribution in [3.8, 4) is 11.8 Å². The molecule has 1 N–H and O–H groups in total. The average Bonchev–Trinajstić information content (AvgIpc) is 2.40. The van der Waals surface area contributed by atoms with Crippen LogP contribution in [0.3, 0.4) is 0 Å². The quantitative estimate of drug-likeness (QED) is 0.863. The molecule has 1 aliphatic heterocycles. The van der Waals surface area contributed by atoms with Crippen LogP contribution in [-0.4, -0.2) is 27.1 Å². The summed E-state index contributed by atoms with van der Waals surface area (Å²) in [5, 5.41) is 18.9. The van der Waals surface area contributed by atoms with E-state index in [0.29, 0.717) is 17.1 Å². The van der Waals surface area contributed by atoms with Gasteiger partial charge in [0.1, 0.15) is 5.75 Å². The van der Waals surface area contributed by atoms with Gasteiger partial charge in [-0.1, -0.05) is 37.3 Å². The highest BCUT2D eigenvalue weighted by Crippen LogP contribution is 2.43. The predicted molar refractivity (Wildman–Crippen MR) is 76.4 cm³/mol. The highest BCUT2D eigenvalue weighted by atomic mass is 32.2. The normalized spacial score (nSPS) is 25.1. The summed E-state index contributed by atoms with van der Waals surface area (Å²) in [6.07, 6.45) is 0. The van der Waals surface area contributed by atoms with E-state index in [2.05, 4.69) is 0 Å². The molecule has 0 spiro atoms. The second kappa shape index (κ2) is 5.19. The molecule has 0 radical (unpaired) electrons. The highest BCUT2D eigenvalue weighted by Gasteiger charge is 2.56. The zero-order valence-corrected chi connectivity index (χ0v) is 11.8. The second-order valence-electron chi connectivity index (χ2n) is 3.96. The topological polar surface area (TPSA) is 70.3 Å². The molecule has 1 aromatic carbocycles. The molecular formula is C13H11NO3S2. The van der Waals surface area contributed by atoms with E-state index in [-0.39, 0.29) is 4.86 Å². The van der Waals surface area contributed by atoms with Crippen LogP contribution in [0.2, 0.25) is 0 Å². The number of hydrogen-bond acceptors (Lipinski definition) is 5. The van der Waals surface area contributed by atoms with E-state index in [1.165, 1.54) is 11.8 Å². The fourth-order valence-corrected chi connectivity index (χ4v) is 3.42. The standard InChI is InChI=1S/C13H11NO3S2/c1-2-19-12-13(7-14,11(15)16)10(18)8-5-3-4-6-9(8)17-12/h3-6,12H,2H2,1H3,(H,15,16). The Morgan fingerprint density at radius 1 is 1.63 bits per heavy atom. The van der Waals surface area contributed by atoms with E-state index >= 15 is 0 Å². The number of thioether (sulfide) groups is 1. The van der Waals surface area contributed by atoms with Crippen molar-refractivity contribution in [2.24, 2.45) is 5.41 Å². The fraction of sp³-hybridized carbons (Fsp3) is 0.308. The molecule has 0 aliphatic carbocycles. The first-order valence-electron chi connectivity index (χ1n) is 5.64. The summed E-state index contributed by atoms with van der Waals surface area (Å²) in [5.41, 5.74) is -2.14. The number of benzene rings is 1. The molecule has 0 saturated heterocycles. The van der Waals surface area contributed by atoms with Crippen LogP contribution in [0.1, 0.15) is 12.5 Å². The number of carboxylic acid groups (broad SMARTS) is 1. The first kappa shape index (κ1) is 13.8. The number of nitriles is 1. The molecule has 0 bridgehead atoms. The highest BCUT2D eigenvalue weighted by molar-refractivity contribution is 7.99. The van der Waals surface area contributed by atoms with E-state index in [1.54, 1.807) is 24.3 Å². The molecule has 98 valence electrons. The Labute approximate surface area is 120 Å². The smallest absolute Gasteiger partial charge is 0.334 e. The number of carbonyl (C=O) groups is 1. The van der Waals surface area contributed by atoms with E-state index in [9.17, 15) is 15.2 Å². The zero-order chi connectivity index (χ0) is 14.0. The molecule has 6 heteroatoms. The molecule has 1 heterocycles. The minimum atomic E-state index is -1.82. The van der Waals surface area contributed by atoms with E-state index < -0.39 is 16.8 Å². The minimum absolute atomic E-state index is 0.121. The number of para-hydroxylation sites is 1. The molecule has 19 heavy (non-hydrogen) atoms. The van der Waals surface area contributed by atoms with Crippen LogP contribution in [-0.2, 0) is 4.79 Å². The number of nitrogens with zero attached hydrogens (tertiary/aromatic N) is 1. The van der Waals surface area contributed by atoms with Crippen molar-refractivity contribution in [2.75, 3.05) is 5.75 Å². The van der Waals surface area contributed by atoms with Crippen LogP contribution in [0, 0.1) is 16.7 Å². The summed E-state index contributed by atoms with van der Waals surface area (Å²) in [6, 6.07) is 8.79. The maximum absolute atomic E-state index is 11.6. The van der Waals surface area contributed by atoms with Gasteiger partial charge in [-0.05, 0) is 11.8 Å². The molecule has 2 unspecified atom stereocenters. The summed E-state index contributed by atoms with van der Waals surface area (Å²) < 4.78 is 5.68. The Kier molecular flexibility index (Phi) is 3.78. The second-order valence-corrected chi connectivity index (χ2v) is 5.70. The third-order valence-corrected chi connectivity index (χ3v) is 4.54. The molecule has 4 nitrogen and oxygen atoms in total. The van der Waals surface area contributed by atoms with Gasteiger partial charge < -0.3 is 9.84 Å². The predicted octanol–water partition coefficient (Wildman–Crippen LogP) is 2.47. The maximum Gasteiger partial charge on any atom is 0.334 e. The van der Waals surface area contributed by atoms with Gasteiger partial charge in [0, 0.05) is 5.56 Å². The Morgan fingerprint density at radius 2 is 2.32 bits per heavy atom. The van der Waals surface area contributed by atoms with Gasteiger partial charge in [0.2, 0.25) is 5.41 Å². The SMILES string of the molecule is CCSC1Oc2ccccc2C(=S)C1(C#N)C(=O)O. The van der Waals surface area contributed by atoms with Crippen molar-refractivity contribution in [1.29, 1.82) is 5.26 Å². The number of thiocarbonyl (C=S) groups is 1. The van der Waals surface area contributed by atoms with Crippen LogP contribution in [0.4, 0.5) is 0 Å². The van der Waals surface area contributed by atoms with Gasteiger partial charge in [0.25, 0.3) is 0 Å². The molecule has 2 atom stereocenters. The zero-order valence-electron chi connectivity index (χ0n) is 10.1. The monoisotopic (exact) mass is 293 g/mol. The number of hydrogen-bond donors (Lipinski definition) is 1. The number of fused-ring (bicyclic) bond motifs is 1. The third kappa shape index (κ3) is 1.99. The first-order chi connectivity index (χ1) is 9.07. The van der Waals surface area contributed by atoms with Crippen molar-refractivity contribution < 1.29 is 14.6 Å². The van der Waals surface area contributed by atoms with E-state index in [4.69, 9.17) is 17.0 Å². The number of ether oxygens (including phenoxy) is 1. The molecular weight excluding hydrogens is 282 g/mol. The lowest BCUT2D eigenvalue weighted by Crippen LogP contribution is -2.51. The summed E-state index contributed by atoms with van der Waals surface area (Å²) in [4.78, 5) is 11.7. The van der Waals surface area contributed by atoms with Gasteiger partial charge in [-0.15, -0.1) is 11.8 Å². The largest absolute Gasteiger partial charge is 0.480 e. The van der Waals surface area contributed by atoms with Crippen LogP contribution in [0.25, 0.3) is 0 Å². The third-order valence-electron chi connectivity index (χ3n) is 2.91. The van der Waals surface area contributed by atoms with E-state index in [1.807, 2.05) is 13.0 Å². The molecule has 1 aromatic rings. The fourth-order valence-electron chi connectivity index (χ4n) is 1.94. The van der Waals surface area contributed by atoms with Gasteiger partial charge >= 0.3 is 5.97 Å². The van der Waals surface area contributed by atoms with Crippen molar-refractivity contribution in [3.63, 3.8) is 0 Å². The van der Waals surface area contributed by atoms with Crippen molar-refractivity contribution in [1.82, 2.24) is 0 Å². The van der Waals surface area contributed by atoms with Crippen LogP contribution >= 0.6 is 24.0 Å². The molecule has 1 aliphatic rings. The van der Waals surface area contributed by atoms with E-state index in [0.717, 1.165) is 0 Å². The van der Waals surface area contributed by atoms with Gasteiger partial charge in [0.05, 0.1) is 10.9 Å². The number of rotatable bonds is 3. The Hall–Kier alpha value is -1.58. The number of carboxylic acids is 1. The van der Waals surface area contributed by atoms with Gasteiger partial charge in [-0.3, -0.25) is 0 Å². The molecule has 0 amide bonds. The first-order valence-corrected chi connectivity index (χ1v) is 7.10. The lowest BCUT2D eigenvalue weighted by molar-refractivity contribution is -0.144.